The van der Waals surface area contributed by atoms with Crippen LogP contribution in [0.25, 0.3) is 0 Å². The molecule has 0 saturated carbocycles. The highest BCUT2D eigenvalue weighted by Crippen LogP contribution is 2.11. The summed E-state index contributed by atoms with van der Waals surface area (Å²) in [4.78, 5) is 12.7. The summed E-state index contributed by atoms with van der Waals surface area (Å²) in [7, 11) is 0. The number of rotatable bonds is 5. The Morgan fingerprint density at radius 3 is 2.76 bits per heavy atom. The first-order valence-corrected chi connectivity index (χ1v) is 6.84. The average Bonchev–Trinajstić information content (AvgIpc) is 2.67. The molecule has 1 aromatic heterocycles. The summed E-state index contributed by atoms with van der Waals surface area (Å²) in [5, 5.41) is 4.85. The van der Waals surface area contributed by atoms with Gasteiger partial charge in [0.1, 0.15) is 5.60 Å². The lowest BCUT2D eigenvalue weighted by atomic mass is 10.2. The van der Waals surface area contributed by atoms with Crippen molar-refractivity contribution in [2.75, 3.05) is 6.54 Å². The van der Waals surface area contributed by atoms with Gasteiger partial charge in [-0.1, -0.05) is 6.07 Å². The highest BCUT2D eigenvalue weighted by atomic mass is 32.1. The Kier molecular flexibility index (Phi) is 5.48. The van der Waals surface area contributed by atoms with E-state index in [9.17, 15) is 4.79 Å². The van der Waals surface area contributed by atoms with Gasteiger partial charge in [-0.3, -0.25) is 0 Å². The van der Waals surface area contributed by atoms with Gasteiger partial charge < -0.3 is 10.1 Å². The van der Waals surface area contributed by atoms with Crippen molar-refractivity contribution in [2.24, 2.45) is 0 Å². The molecule has 1 aromatic rings. The molecule has 3 nitrogen and oxygen atoms in total. The van der Waals surface area contributed by atoms with Gasteiger partial charge in [-0.15, -0.1) is 11.3 Å². The molecule has 0 saturated heterocycles. The van der Waals surface area contributed by atoms with Gasteiger partial charge in [0.05, 0.1) is 0 Å². The number of amides is 1. The predicted molar refractivity (Wildman–Crippen MR) is 71.5 cm³/mol. The zero-order chi connectivity index (χ0) is 12.7. The van der Waals surface area contributed by atoms with Gasteiger partial charge in [-0.25, -0.2) is 4.79 Å². The Labute approximate surface area is 107 Å². The number of ether oxygens (including phenoxy) is 1. The van der Waals surface area contributed by atoms with Crippen molar-refractivity contribution in [2.45, 2.75) is 45.6 Å². The number of hydrogen-bond donors (Lipinski definition) is 1. The molecule has 1 heterocycles. The number of alkyl carbamates (subject to hydrolysis) is 1. The average molecular weight is 255 g/mol. The summed E-state index contributed by atoms with van der Waals surface area (Å²) in [6, 6.07) is 4.21. The van der Waals surface area contributed by atoms with E-state index in [1.165, 1.54) is 4.88 Å². The summed E-state index contributed by atoms with van der Waals surface area (Å²) >= 11 is 1.78. The first kappa shape index (κ1) is 14.0. The normalized spacial score (nSPS) is 11.2. The molecular formula is C13H21NO2S. The summed E-state index contributed by atoms with van der Waals surface area (Å²) in [6.07, 6.45) is 2.84. The van der Waals surface area contributed by atoms with Crippen LogP contribution in [0.4, 0.5) is 4.79 Å². The first-order valence-electron chi connectivity index (χ1n) is 5.96. The first-order chi connectivity index (χ1) is 7.97. The molecule has 0 aliphatic rings. The lowest BCUT2D eigenvalue weighted by Crippen LogP contribution is -2.33. The minimum absolute atomic E-state index is 0.325. The van der Waals surface area contributed by atoms with E-state index in [0.29, 0.717) is 6.54 Å². The van der Waals surface area contributed by atoms with Crippen molar-refractivity contribution >= 4 is 17.4 Å². The minimum Gasteiger partial charge on any atom is -0.444 e. The molecule has 0 bridgehead atoms. The molecule has 4 heteroatoms. The lowest BCUT2D eigenvalue weighted by molar-refractivity contribution is 0.0527. The fourth-order valence-electron chi connectivity index (χ4n) is 1.38. The van der Waals surface area contributed by atoms with E-state index in [-0.39, 0.29) is 6.09 Å². The Hall–Kier alpha value is -1.03. The van der Waals surface area contributed by atoms with Crippen molar-refractivity contribution in [3.05, 3.63) is 22.4 Å². The Morgan fingerprint density at radius 2 is 2.18 bits per heavy atom. The van der Waals surface area contributed by atoms with Gasteiger partial charge in [0.25, 0.3) is 0 Å². The van der Waals surface area contributed by atoms with E-state index in [1.807, 2.05) is 20.8 Å². The molecule has 1 amide bonds. The molecule has 0 aliphatic carbocycles. The highest BCUT2D eigenvalue weighted by molar-refractivity contribution is 7.09. The van der Waals surface area contributed by atoms with Crippen LogP contribution >= 0.6 is 11.3 Å². The van der Waals surface area contributed by atoms with Gasteiger partial charge in [0.2, 0.25) is 0 Å². The molecule has 0 aliphatic heterocycles. The molecule has 0 fully saturated rings. The fourth-order valence-corrected chi connectivity index (χ4v) is 2.13. The number of nitrogens with one attached hydrogen (secondary N) is 1. The van der Waals surface area contributed by atoms with Crippen LogP contribution in [0.1, 0.15) is 38.5 Å². The second kappa shape index (κ2) is 6.64. The molecule has 0 aromatic carbocycles. The smallest absolute Gasteiger partial charge is 0.407 e. The fraction of sp³-hybridized carbons (Fsp3) is 0.615. The number of carbonyl (C=O) groups is 1. The number of carbonyl (C=O) groups excluding carboxylic acids is 1. The third kappa shape index (κ3) is 7.00. The van der Waals surface area contributed by atoms with Crippen molar-refractivity contribution in [3.63, 3.8) is 0 Å². The van der Waals surface area contributed by atoms with Gasteiger partial charge in [-0.2, -0.15) is 0 Å². The quantitative estimate of drug-likeness (QED) is 0.816. The maximum atomic E-state index is 11.3. The summed E-state index contributed by atoms with van der Waals surface area (Å²) in [5.74, 6) is 0. The lowest BCUT2D eigenvalue weighted by Gasteiger charge is -2.19. The largest absolute Gasteiger partial charge is 0.444 e. The van der Waals surface area contributed by atoms with Crippen LogP contribution in [-0.2, 0) is 11.2 Å². The van der Waals surface area contributed by atoms with Gasteiger partial charge in [-0.05, 0) is 51.5 Å². The van der Waals surface area contributed by atoms with Crippen LogP contribution in [0.3, 0.4) is 0 Å². The van der Waals surface area contributed by atoms with Crippen LogP contribution in [-0.4, -0.2) is 18.2 Å². The maximum Gasteiger partial charge on any atom is 0.407 e. The van der Waals surface area contributed by atoms with Crippen LogP contribution in [0, 0.1) is 0 Å². The van der Waals surface area contributed by atoms with E-state index in [0.717, 1.165) is 19.3 Å². The summed E-state index contributed by atoms with van der Waals surface area (Å²) in [6.45, 7) is 6.27. The van der Waals surface area contributed by atoms with Crippen molar-refractivity contribution < 1.29 is 9.53 Å². The van der Waals surface area contributed by atoms with Crippen molar-refractivity contribution in [1.82, 2.24) is 5.32 Å². The molecule has 0 spiro atoms. The second-order valence-corrected chi connectivity index (χ2v) is 6.00. The van der Waals surface area contributed by atoms with Crippen molar-refractivity contribution in [3.8, 4) is 0 Å². The van der Waals surface area contributed by atoms with Gasteiger partial charge in [0, 0.05) is 11.4 Å². The summed E-state index contributed by atoms with van der Waals surface area (Å²) in [5.41, 5.74) is -0.416. The molecule has 0 radical (unpaired) electrons. The van der Waals surface area contributed by atoms with Crippen molar-refractivity contribution in [1.29, 1.82) is 0 Å². The van der Waals surface area contributed by atoms with Crippen LogP contribution in [0.2, 0.25) is 0 Å². The monoisotopic (exact) mass is 255 g/mol. The maximum absolute atomic E-state index is 11.3. The Bertz CT molecular complexity index is 328. The molecule has 1 rings (SSSR count). The van der Waals surface area contributed by atoms with Gasteiger partial charge in [0.15, 0.2) is 0 Å². The molecular weight excluding hydrogens is 234 g/mol. The number of thiophene rings is 1. The molecule has 1 N–H and O–H groups in total. The minimum atomic E-state index is -0.416. The van der Waals surface area contributed by atoms with E-state index in [1.54, 1.807) is 11.3 Å². The second-order valence-electron chi connectivity index (χ2n) is 4.97. The molecule has 0 unspecified atom stereocenters. The number of unbranched alkanes of at least 4 members (excludes halogenated alkanes) is 1. The molecule has 96 valence electrons. The topological polar surface area (TPSA) is 38.3 Å². The van der Waals surface area contributed by atoms with Crippen LogP contribution in [0.15, 0.2) is 17.5 Å². The SMILES string of the molecule is CC(C)(C)OC(=O)NCCCCc1cccs1. The number of aryl methyl sites for hydroxylation is 1. The number of hydrogen-bond acceptors (Lipinski definition) is 3. The molecule has 0 atom stereocenters. The van der Waals surface area contributed by atoms with E-state index in [4.69, 9.17) is 4.74 Å². The third-order valence-corrected chi connectivity index (χ3v) is 3.03. The van der Waals surface area contributed by atoms with Crippen LogP contribution < -0.4 is 5.32 Å². The van der Waals surface area contributed by atoms with E-state index in [2.05, 4.69) is 22.8 Å². The summed E-state index contributed by atoms with van der Waals surface area (Å²) < 4.78 is 5.14. The molecule has 17 heavy (non-hydrogen) atoms. The predicted octanol–water partition coefficient (Wildman–Crippen LogP) is 3.60. The zero-order valence-electron chi connectivity index (χ0n) is 10.8. The highest BCUT2D eigenvalue weighted by Gasteiger charge is 2.15. The standard InChI is InChI=1S/C13H21NO2S/c1-13(2,3)16-12(15)14-9-5-4-7-11-8-6-10-17-11/h6,8,10H,4-5,7,9H2,1-3H3,(H,14,15). The van der Waals surface area contributed by atoms with Gasteiger partial charge >= 0.3 is 6.09 Å². The van der Waals surface area contributed by atoms with E-state index < -0.39 is 5.60 Å². The van der Waals surface area contributed by atoms with E-state index >= 15 is 0 Å². The zero-order valence-corrected chi connectivity index (χ0v) is 11.6. The van der Waals surface area contributed by atoms with Crippen LogP contribution in [0.5, 0.6) is 0 Å². The third-order valence-electron chi connectivity index (χ3n) is 2.10. The Morgan fingerprint density at radius 1 is 1.41 bits per heavy atom. The Balaban J connectivity index is 2.02.